The average molecular weight is 340 g/mol. The molecular formula is C16H12N4O5. The van der Waals surface area contributed by atoms with Crippen LogP contribution in [0, 0.1) is 10.1 Å². The number of nitro groups is 1. The average Bonchev–Trinajstić information content (AvgIpc) is 3.20. The second-order valence-corrected chi connectivity index (χ2v) is 5.08. The maximum Gasteiger partial charge on any atom is 0.433 e. The first-order valence-corrected chi connectivity index (χ1v) is 7.16. The summed E-state index contributed by atoms with van der Waals surface area (Å²) in [5, 5.41) is 15.1. The van der Waals surface area contributed by atoms with E-state index in [4.69, 9.17) is 4.42 Å². The van der Waals surface area contributed by atoms with E-state index in [1.165, 1.54) is 23.8 Å². The lowest BCUT2D eigenvalue weighted by molar-refractivity contribution is -0.402. The Morgan fingerprint density at radius 1 is 1.28 bits per heavy atom. The van der Waals surface area contributed by atoms with Crippen molar-refractivity contribution in [1.29, 1.82) is 0 Å². The van der Waals surface area contributed by atoms with Crippen molar-refractivity contribution < 1.29 is 18.9 Å². The number of hydrogen-bond acceptors (Lipinski definition) is 6. The Labute approximate surface area is 140 Å². The van der Waals surface area contributed by atoms with Gasteiger partial charge in [0.1, 0.15) is 4.92 Å². The molecule has 0 aliphatic carbocycles. The van der Waals surface area contributed by atoms with Gasteiger partial charge in [0.2, 0.25) is 11.7 Å². The summed E-state index contributed by atoms with van der Waals surface area (Å²) in [5.41, 5.74) is 3.58. The molecule has 0 spiro atoms. The summed E-state index contributed by atoms with van der Waals surface area (Å²) in [7, 11) is 0. The molecule has 126 valence electrons. The molecule has 25 heavy (non-hydrogen) atoms. The second kappa shape index (κ2) is 6.40. The van der Waals surface area contributed by atoms with Crippen LogP contribution in [0.2, 0.25) is 0 Å². The molecule has 9 heteroatoms. The highest BCUT2D eigenvalue weighted by Crippen LogP contribution is 2.20. The van der Waals surface area contributed by atoms with Gasteiger partial charge in [0.25, 0.3) is 0 Å². The number of nitrogens with zero attached hydrogens (tertiary/aromatic N) is 3. The summed E-state index contributed by atoms with van der Waals surface area (Å²) in [5.74, 6) is -1.63. The molecule has 0 radical (unpaired) electrons. The Morgan fingerprint density at radius 2 is 2.04 bits per heavy atom. The Balaban J connectivity index is 1.80. The van der Waals surface area contributed by atoms with E-state index in [9.17, 15) is 19.7 Å². The van der Waals surface area contributed by atoms with Gasteiger partial charge < -0.3 is 4.42 Å². The van der Waals surface area contributed by atoms with Crippen LogP contribution in [-0.4, -0.2) is 27.5 Å². The number of carbonyl (C=O) groups is 2. The van der Waals surface area contributed by atoms with Crippen molar-refractivity contribution in [3.05, 3.63) is 64.0 Å². The number of benzene rings is 1. The maximum atomic E-state index is 11.8. The third-order valence-corrected chi connectivity index (χ3v) is 3.45. The van der Waals surface area contributed by atoms with Crippen LogP contribution >= 0.6 is 0 Å². The Morgan fingerprint density at radius 3 is 2.72 bits per heavy atom. The Kier molecular flexibility index (Phi) is 4.12. The first-order valence-electron chi connectivity index (χ1n) is 7.16. The molecule has 1 aromatic carbocycles. The zero-order valence-corrected chi connectivity index (χ0v) is 13.0. The summed E-state index contributed by atoms with van der Waals surface area (Å²) in [6.45, 7) is 1.44. The molecule has 1 amide bonds. The van der Waals surface area contributed by atoms with Gasteiger partial charge in [0.15, 0.2) is 0 Å². The van der Waals surface area contributed by atoms with E-state index >= 15 is 0 Å². The topological polar surface area (TPSA) is 120 Å². The lowest BCUT2D eigenvalue weighted by Gasteiger charge is -1.96. The maximum absolute atomic E-state index is 11.8. The standard InChI is InChI=1S/C16H12N4O5/c1-10(21)19-9-11(12-4-2-3-5-13(12)19)8-17-18-16(22)14-6-7-15(25-14)20(23)24/h2-9H,1H3,(H,18,22)/b17-8+. The largest absolute Gasteiger partial charge is 0.433 e. The number of fused-ring (bicyclic) bond motifs is 1. The molecule has 9 nitrogen and oxygen atoms in total. The molecule has 0 atom stereocenters. The van der Waals surface area contributed by atoms with Gasteiger partial charge >= 0.3 is 11.8 Å². The van der Waals surface area contributed by atoms with Crippen molar-refractivity contribution in [1.82, 2.24) is 9.99 Å². The van der Waals surface area contributed by atoms with Crippen molar-refractivity contribution in [2.75, 3.05) is 0 Å². The van der Waals surface area contributed by atoms with Crippen LogP contribution < -0.4 is 5.43 Å². The van der Waals surface area contributed by atoms with Crippen LogP contribution in [0.4, 0.5) is 5.88 Å². The zero-order valence-electron chi connectivity index (χ0n) is 13.0. The number of amides is 1. The fraction of sp³-hybridized carbons (Fsp3) is 0.0625. The predicted molar refractivity (Wildman–Crippen MR) is 88.7 cm³/mol. The molecule has 3 rings (SSSR count). The van der Waals surface area contributed by atoms with Gasteiger partial charge in [-0.05, 0) is 12.1 Å². The lowest BCUT2D eigenvalue weighted by atomic mass is 10.2. The number of aromatic nitrogens is 1. The number of hydrogen-bond donors (Lipinski definition) is 1. The van der Waals surface area contributed by atoms with Crippen LogP contribution in [-0.2, 0) is 0 Å². The third kappa shape index (κ3) is 3.15. The summed E-state index contributed by atoms with van der Waals surface area (Å²) < 4.78 is 6.26. The van der Waals surface area contributed by atoms with Crippen molar-refractivity contribution in [2.45, 2.75) is 6.92 Å². The van der Waals surface area contributed by atoms with Crippen molar-refractivity contribution >= 4 is 34.8 Å². The molecular weight excluding hydrogens is 328 g/mol. The summed E-state index contributed by atoms with van der Waals surface area (Å²) in [6.07, 6.45) is 3.00. The first-order chi connectivity index (χ1) is 12.0. The minimum atomic E-state index is -0.739. The summed E-state index contributed by atoms with van der Waals surface area (Å²) in [4.78, 5) is 33.3. The number of carbonyl (C=O) groups excluding carboxylic acids is 2. The molecule has 3 aromatic rings. The van der Waals surface area contributed by atoms with Crippen molar-refractivity contribution in [3.8, 4) is 0 Å². The van der Waals surface area contributed by atoms with Crippen molar-refractivity contribution in [3.63, 3.8) is 0 Å². The summed E-state index contributed by atoms with van der Waals surface area (Å²) in [6, 6.07) is 9.53. The van der Waals surface area contributed by atoms with Gasteiger partial charge in [-0.15, -0.1) is 0 Å². The zero-order chi connectivity index (χ0) is 18.0. The Bertz CT molecular complexity index is 1010. The Hall–Kier alpha value is -3.75. The van der Waals surface area contributed by atoms with E-state index < -0.39 is 16.7 Å². The molecule has 0 saturated carbocycles. The van der Waals surface area contributed by atoms with Gasteiger partial charge in [-0.2, -0.15) is 5.10 Å². The number of rotatable bonds is 4. The monoisotopic (exact) mass is 340 g/mol. The normalized spacial score (nSPS) is 11.1. The lowest BCUT2D eigenvalue weighted by Crippen LogP contribution is -2.16. The van der Waals surface area contributed by atoms with Crippen LogP contribution in [0.5, 0.6) is 0 Å². The van der Waals surface area contributed by atoms with Crippen LogP contribution in [0.15, 0.2) is 52.1 Å². The molecule has 0 unspecified atom stereocenters. The second-order valence-electron chi connectivity index (χ2n) is 5.08. The highest BCUT2D eigenvalue weighted by molar-refractivity contribution is 6.03. The quantitative estimate of drug-likeness (QED) is 0.444. The highest BCUT2D eigenvalue weighted by atomic mass is 16.6. The van der Waals surface area contributed by atoms with Gasteiger partial charge in [0.05, 0.1) is 17.8 Å². The predicted octanol–water partition coefficient (Wildman–Crippen LogP) is 2.57. The van der Waals surface area contributed by atoms with Crippen molar-refractivity contribution in [2.24, 2.45) is 5.10 Å². The minimum absolute atomic E-state index is 0.150. The molecule has 0 saturated heterocycles. The van der Waals surface area contributed by atoms with E-state index in [0.717, 1.165) is 17.0 Å². The van der Waals surface area contributed by atoms with Crippen LogP contribution in [0.1, 0.15) is 27.8 Å². The van der Waals surface area contributed by atoms with Crippen LogP contribution in [0.3, 0.4) is 0 Å². The fourth-order valence-electron chi connectivity index (χ4n) is 2.33. The molecule has 0 bridgehead atoms. The first kappa shape index (κ1) is 16.1. The number of nitrogens with one attached hydrogen (secondary N) is 1. The molecule has 0 aliphatic heterocycles. The molecule has 0 fully saturated rings. The van der Waals surface area contributed by atoms with E-state index in [0.29, 0.717) is 5.56 Å². The van der Waals surface area contributed by atoms with E-state index in [-0.39, 0.29) is 11.7 Å². The minimum Gasteiger partial charge on any atom is -0.395 e. The van der Waals surface area contributed by atoms with E-state index in [1.807, 2.05) is 18.2 Å². The van der Waals surface area contributed by atoms with Gasteiger partial charge in [-0.25, -0.2) is 5.43 Å². The van der Waals surface area contributed by atoms with E-state index in [2.05, 4.69) is 10.5 Å². The smallest absolute Gasteiger partial charge is 0.395 e. The van der Waals surface area contributed by atoms with Gasteiger partial charge in [-0.1, -0.05) is 18.2 Å². The highest BCUT2D eigenvalue weighted by Gasteiger charge is 2.16. The molecule has 2 aromatic heterocycles. The third-order valence-electron chi connectivity index (χ3n) is 3.45. The van der Waals surface area contributed by atoms with Crippen LogP contribution in [0.25, 0.3) is 10.9 Å². The SMILES string of the molecule is CC(=O)n1cc(/C=N/NC(=O)c2ccc([N+](=O)[O-])o2)c2ccccc21. The molecule has 0 aliphatic rings. The number of hydrazone groups is 1. The summed E-state index contributed by atoms with van der Waals surface area (Å²) >= 11 is 0. The fourth-order valence-corrected chi connectivity index (χ4v) is 2.33. The number of para-hydroxylation sites is 1. The molecule has 2 heterocycles. The number of furan rings is 1. The van der Waals surface area contributed by atoms with Gasteiger partial charge in [-0.3, -0.25) is 24.3 Å². The van der Waals surface area contributed by atoms with E-state index in [1.54, 1.807) is 12.3 Å². The van der Waals surface area contributed by atoms with Gasteiger partial charge in [0, 0.05) is 24.1 Å². The molecule has 1 N–H and O–H groups in total.